The molecular formula is C18H18N4O3. The Balaban J connectivity index is 1.84. The molecule has 1 aromatic carbocycles. The third kappa shape index (κ3) is 3.35. The monoisotopic (exact) mass is 338 g/mol. The summed E-state index contributed by atoms with van der Waals surface area (Å²) >= 11 is 0. The molecule has 0 unspecified atom stereocenters. The maximum absolute atomic E-state index is 12.5. The third-order valence-electron chi connectivity index (χ3n) is 4.10. The summed E-state index contributed by atoms with van der Waals surface area (Å²) in [6, 6.07) is 8.30. The molecule has 0 bridgehead atoms. The van der Waals surface area contributed by atoms with E-state index in [2.05, 4.69) is 15.3 Å². The van der Waals surface area contributed by atoms with Gasteiger partial charge in [0.1, 0.15) is 6.04 Å². The number of benzene rings is 1. The smallest absolute Gasteiger partial charge is 0.250 e. The minimum atomic E-state index is -0.514. The molecule has 0 aliphatic carbocycles. The Morgan fingerprint density at radius 2 is 2.08 bits per heavy atom. The van der Waals surface area contributed by atoms with E-state index in [0.29, 0.717) is 11.3 Å². The standard InChI is InChI=1S/C18H18N4O3/c1-11(18(25)19-8-13-7-17(24)21-10-20-13)22-9-15(12(2)23)14-5-3-4-6-16(14)22/h3-7,9-11H,8H2,1-2H3,(H,19,25)(H,20,21,24)/t11-/m1/s1. The number of ketones is 1. The van der Waals surface area contributed by atoms with Crippen LogP contribution >= 0.6 is 0 Å². The second-order valence-corrected chi connectivity index (χ2v) is 5.82. The van der Waals surface area contributed by atoms with E-state index in [1.807, 2.05) is 24.3 Å². The highest BCUT2D eigenvalue weighted by Crippen LogP contribution is 2.25. The van der Waals surface area contributed by atoms with Gasteiger partial charge in [0.2, 0.25) is 5.91 Å². The fourth-order valence-electron chi connectivity index (χ4n) is 2.76. The van der Waals surface area contributed by atoms with E-state index in [1.54, 1.807) is 17.7 Å². The van der Waals surface area contributed by atoms with E-state index < -0.39 is 6.04 Å². The van der Waals surface area contributed by atoms with Crippen LogP contribution in [0.4, 0.5) is 0 Å². The molecule has 1 amide bonds. The van der Waals surface area contributed by atoms with Crippen molar-refractivity contribution in [2.45, 2.75) is 26.4 Å². The van der Waals surface area contributed by atoms with Gasteiger partial charge in [0, 0.05) is 28.7 Å². The van der Waals surface area contributed by atoms with E-state index in [9.17, 15) is 14.4 Å². The van der Waals surface area contributed by atoms with E-state index in [4.69, 9.17) is 0 Å². The predicted molar refractivity (Wildman–Crippen MR) is 93.4 cm³/mol. The van der Waals surface area contributed by atoms with Gasteiger partial charge in [-0.25, -0.2) is 4.98 Å². The molecule has 7 nitrogen and oxygen atoms in total. The normalized spacial score (nSPS) is 12.1. The zero-order chi connectivity index (χ0) is 18.0. The van der Waals surface area contributed by atoms with Crippen molar-refractivity contribution in [1.29, 1.82) is 0 Å². The highest BCUT2D eigenvalue weighted by Gasteiger charge is 2.20. The molecule has 128 valence electrons. The van der Waals surface area contributed by atoms with Crippen molar-refractivity contribution in [3.63, 3.8) is 0 Å². The molecule has 0 fully saturated rings. The van der Waals surface area contributed by atoms with Crippen molar-refractivity contribution in [3.8, 4) is 0 Å². The molecule has 3 aromatic rings. The van der Waals surface area contributed by atoms with E-state index in [-0.39, 0.29) is 23.8 Å². The van der Waals surface area contributed by atoms with Crippen molar-refractivity contribution >= 4 is 22.6 Å². The summed E-state index contributed by atoms with van der Waals surface area (Å²) in [7, 11) is 0. The summed E-state index contributed by atoms with van der Waals surface area (Å²) in [5.74, 6) is -0.270. The second kappa shape index (κ2) is 6.72. The Kier molecular flexibility index (Phi) is 4.47. The summed E-state index contributed by atoms with van der Waals surface area (Å²) in [6.07, 6.45) is 3.01. The van der Waals surface area contributed by atoms with Crippen molar-refractivity contribution in [2.75, 3.05) is 0 Å². The molecule has 0 aliphatic rings. The second-order valence-electron chi connectivity index (χ2n) is 5.82. The largest absolute Gasteiger partial charge is 0.349 e. The first-order valence-electron chi connectivity index (χ1n) is 7.89. The lowest BCUT2D eigenvalue weighted by Crippen LogP contribution is -2.31. The van der Waals surface area contributed by atoms with E-state index >= 15 is 0 Å². The summed E-state index contributed by atoms with van der Waals surface area (Å²) in [5, 5.41) is 3.59. The number of amides is 1. The first-order chi connectivity index (χ1) is 12.0. The maximum atomic E-state index is 12.5. The number of H-pyrrole nitrogens is 1. The molecule has 3 rings (SSSR count). The Morgan fingerprint density at radius 3 is 2.80 bits per heavy atom. The molecule has 25 heavy (non-hydrogen) atoms. The van der Waals surface area contributed by atoms with Gasteiger partial charge in [-0.2, -0.15) is 0 Å². The van der Waals surface area contributed by atoms with Crippen molar-refractivity contribution < 1.29 is 9.59 Å². The average Bonchev–Trinajstić information content (AvgIpc) is 2.99. The van der Waals surface area contributed by atoms with Gasteiger partial charge in [-0.15, -0.1) is 0 Å². The zero-order valence-corrected chi connectivity index (χ0v) is 13.9. The van der Waals surface area contributed by atoms with Gasteiger partial charge in [-0.3, -0.25) is 14.4 Å². The van der Waals surface area contributed by atoms with Crippen LogP contribution < -0.4 is 10.9 Å². The number of aromatic nitrogens is 3. The van der Waals surface area contributed by atoms with Gasteiger partial charge in [0.05, 0.1) is 18.6 Å². The predicted octanol–water partition coefficient (Wildman–Crippen LogP) is 1.80. The number of nitrogens with zero attached hydrogens (tertiary/aromatic N) is 2. The minimum Gasteiger partial charge on any atom is -0.349 e. The van der Waals surface area contributed by atoms with Gasteiger partial charge < -0.3 is 14.9 Å². The Hall–Kier alpha value is -3.22. The Bertz CT molecular complexity index is 1000. The van der Waals surface area contributed by atoms with E-state index in [0.717, 1.165) is 10.9 Å². The number of nitrogens with one attached hydrogen (secondary N) is 2. The van der Waals surface area contributed by atoms with Gasteiger partial charge in [-0.05, 0) is 19.9 Å². The molecule has 0 spiro atoms. The Labute approximate surface area is 143 Å². The number of rotatable bonds is 5. The van der Waals surface area contributed by atoms with Crippen LogP contribution in [0.25, 0.3) is 10.9 Å². The van der Waals surface area contributed by atoms with Crippen LogP contribution in [0, 0.1) is 0 Å². The van der Waals surface area contributed by atoms with Gasteiger partial charge in [0.15, 0.2) is 5.78 Å². The quantitative estimate of drug-likeness (QED) is 0.693. The summed E-state index contributed by atoms with van der Waals surface area (Å²) in [6.45, 7) is 3.43. The van der Waals surface area contributed by atoms with E-state index in [1.165, 1.54) is 19.3 Å². The molecule has 0 aliphatic heterocycles. The lowest BCUT2D eigenvalue weighted by Gasteiger charge is -2.15. The van der Waals surface area contributed by atoms with Crippen molar-refractivity contribution in [2.24, 2.45) is 0 Å². The summed E-state index contributed by atoms with van der Waals surface area (Å²) in [4.78, 5) is 42.0. The first-order valence-corrected chi connectivity index (χ1v) is 7.89. The lowest BCUT2D eigenvalue weighted by atomic mass is 10.1. The Morgan fingerprint density at radius 1 is 1.32 bits per heavy atom. The molecule has 2 aromatic heterocycles. The molecule has 0 saturated heterocycles. The fraction of sp³-hybridized carbons (Fsp3) is 0.222. The van der Waals surface area contributed by atoms with Crippen LogP contribution in [0.5, 0.6) is 0 Å². The van der Waals surface area contributed by atoms with Crippen LogP contribution in [0.15, 0.2) is 47.7 Å². The molecule has 0 saturated carbocycles. The summed E-state index contributed by atoms with van der Waals surface area (Å²) < 4.78 is 1.78. The topological polar surface area (TPSA) is 96.9 Å². The molecule has 2 N–H and O–H groups in total. The molecule has 0 radical (unpaired) electrons. The van der Waals surface area contributed by atoms with Crippen LogP contribution in [-0.4, -0.2) is 26.2 Å². The number of hydrogen-bond acceptors (Lipinski definition) is 4. The number of carbonyl (C=O) groups is 2. The molecule has 7 heteroatoms. The zero-order valence-electron chi connectivity index (χ0n) is 13.9. The van der Waals surface area contributed by atoms with Gasteiger partial charge in [-0.1, -0.05) is 18.2 Å². The van der Waals surface area contributed by atoms with Crippen LogP contribution in [0.2, 0.25) is 0 Å². The van der Waals surface area contributed by atoms with Crippen LogP contribution in [-0.2, 0) is 11.3 Å². The van der Waals surface area contributed by atoms with Gasteiger partial charge in [0.25, 0.3) is 5.56 Å². The SMILES string of the molecule is CC(=O)c1cn([C@H](C)C(=O)NCc2cc(=O)[nH]cn2)c2ccccc12. The molecule has 1 atom stereocenters. The minimum absolute atomic E-state index is 0.0460. The summed E-state index contributed by atoms with van der Waals surface area (Å²) in [5.41, 5.74) is 1.62. The van der Waals surface area contributed by atoms with Crippen molar-refractivity contribution in [3.05, 3.63) is 64.5 Å². The number of para-hydroxylation sites is 1. The van der Waals surface area contributed by atoms with Gasteiger partial charge >= 0.3 is 0 Å². The number of Topliss-reactive ketones (excluding diaryl/α,β-unsaturated/α-hetero) is 1. The van der Waals surface area contributed by atoms with Crippen molar-refractivity contribution in [1.82, 2.24) is 19.9 Å². The lowest BCUT2D eigenvalue weighted by molar-refractivity contribution is -0.123. The number of aromatic amines is 1. The average molecular weight is 338 g/mol. The fourth-order valence-corrected chi connectivity index (χ4v) is 2.76. The number of fused-ring (bicyclic) bond motifs is 1. The maximum Gasteiger partial charge on any atom is 0.250 e. The highest BCUT2D eigenvalue weighted by atomic mass is 16.2. The van der Waals surface area contributed by atoms with Crippen LogP contribution in [0.1, 0.15) is 35.9 Å². The van der Waals surface area contributed by atoms with Crippen LogP contribution in [0.3, 0.4) is 0 Å². The third-order valence-corrected chi connectivity index (χ3v) is 4.10. The number of hydrogen-bond donors (Lipinski definition) is 2. The highest BCUT2D eigenvalue weighted by molar-refractivity contribution is 6.07. The first kappa shape index (κ1) is 16.6. The number of carbonyl (C=O) groups excluding carboxylic acids is 2. The molecular weight excluding hydrogens is 320 g/mol. The molecule has 2 heterocycles.